The molecule has 0 aliphatic heterocycles. The Kier molecular flexibility index (Phi) is 3.85. The van der Waals surface area contributed by atoms with Crippen LogP contribution in [0, 0.1) is 17.5 Å². The number of carbonyl (C=O) groups is 1. The molecule has 7 heteroatoms. The van der Waals surface area contributed by atoms with Gasteiger partial charge in [0.25, 0.3) is 0 Å². The molecule has 0 atom stereocenters. The number of nitrogens with one attached hydrogen (secondary N) is 1. The summed E-state index contributed by atoms with van der Waals surface area (Å²) in [6.45, 7) is 0. The van der Waals surface area contributed by atoms with Crippen LogP contribution >= 0.6 is 11.6 Å². The number of rotatable bonds is 3. The van der Waals surface area contributed by atoms with Gasteiger partial charge in [0.15, 0.2) is 17.5 Å². The Morgan fingerprint density at radius 2 is 1.70 bits per heavy atom. The van der Waals surface area contributed by atoms with Crippen molar-refractivity contribution in [1.29, 1.82) is 0 Å². The molecule has 0 aliphatic rings. The maximum Gasteiger partial charge on any atom is 0.337 e. The van der Waals surface area contributed by atoms with E-state index in [0.29, 0.717) is 0 Å². The van der Waals surface area contributed by atoms with Crippen LogP contribution in [0.1, 0.15) is 10.4 Å². The molecule has 0 amide bonds. The zero-order valence-corrected chi connectivity index (χ0v) is 10.5. The topological polar surface area (TPSA) is 49.3 Å². The third-order valence-electron chi connectivity index (χ3n) is 2.52. The van der Waals surface area contributed by atoms with Gasteiger partial charge in [-0.3, -0.25) is 0 Å². The third kappa shape index (κ3) is 2.70. The minimum Gasteiger partial charge on any atom is -0.478 e. The molecule has 0 radical (unpaired) electrons. The second kappa shape index (κ2) is 5.42. The highest BCUT2D eigenvalue weighted by Gasteiger charge is 2.16. The van der Waals surface area contributed by atoms with Crippen LogP contribution in [0.15, 0.2) is 30.3 Å². The van der Waals surface area contributed by atoms with Crippen LogP contribution in [0.5, 0.6) is 0 Å². The van der Waals surface area contributed by atoms with Crippen molar-refractivity contribution in [2.45, 2.75) is 0 Å². The maximum absolute atomic E-state index is 13.5. The fraction of sp³-hybridized carbons (Fsp3) is 0. The first-order valence-corrected chi connectivity index (χ1v) is 5.71. The lowest BCUT2D eigenvalue weighted by Crippen LogP contribution is -2.05. The molecule has 0 saturated carbocycles. The number of benzene rings is 2. The van der Waals surface area contributed by atoms with E-state index in [-0.39, 0.29) is 22.0 Å². The molecule has 2 aromatic carbocycles. The van der Waals surface area contributed by atoms with E-state index in [1.165, 1.54) is 12.1 Å². The van der Waals surface area contributed by atoms with Gasteiger partial charge in [-0.2, -0.15) is 0 Å². The molecule has 2 rings (SSSR count). The molecule has 0 aromatic heterocycles. The number of aromatic carboxylic acids is 1. The highest BCUT2D eigenvalue weighted by molar-refractivity contribution is 6.31. The van der Waals surface area contributed by atoms with Crippen molar-refractivity contribution in [1.82, 2.24) is 0 Å². The van der Waals surface area contributed by atoms with E-state index in [4.69, 9.17) is 16.7 Å². The summed E-state index contributed by atoms with van der Waals surface area (Å²) < 4.78 is 39.4. The largest absolute Gasteiger partial charge is 0.478 e. The highest BCUT2D eigenvalue weighted by Crippen LogP contribution is 2.27. The van der Waals surface area contributed by atoms with Crippen LogP contribution in [0.25, 0.3) is 0 Å². The van der Waals surface area contributed by atoms with E-state index in [1.807, 2.05) is 0 Å². The Balaban J connectivity index is 2.45. The Labute approximate surface area is 116 Å². The molecular formula is C13H7ClF3NO2. The van der Waals surface area contributed by atoms with Gasteiger partial charge in [0, 0.05) is 5.02 Å². The van der Waals surface area contributed by atoms with Crippen molar-refractivity contribution >= 4 is 28.9 Å². The van der Waals surface area contributed by atoms with E-state index in [0.717, 1.165) is 18.2 Å². The van der Waals surface area contributed by atoms with Crippen LogP contribution in [0.3, 0.4) is 0 Å². The van der Waals surface area contributed by atoms with Gasteiger partial charge in [-0.1, -0.05) is 11.6 Å². The first kappa shape index (κ1) is 14.2. The molecule has 0 saturated heterocycles. The molecular weight excluding hydrogens is 295 g/mol. The van der Waals surface area contributed by atoms with Crippen molar-refractivity contribution in [3.8, 4) is 0 Å². The second-order valence-corrected chi connectivity index (χ2v) is 4.28. The summed E-state index contributed by atoms with van der Waals surface area (Å²) in [7, 11) is 0. The second-order valence-electron chi connectivity index (χ2n) is 3.84. The lowest BCUT2D eigenvalue weighted by molar-refractivity contribution is 0.0698. The predicted molar refractivity (Wildman–Crippen MR) is 68.0 cm³/mol. The Morgan fingerprint density at radius 3 is 2.35 bits per heavy atom. The smallest absolute Gasteiger partial charge is 0.337 e. The monoisotopic (exact) mass is 301 g/mol. The summed E-state index contributed by atoms with van der Waals surface area (Å²) in [5.74, 6) is -5.70. The van der Waals surface area contributed by atoms with Crippen LogP contribution in [-0.2, 0) is 0 Å². The molecule has 2 aromatic rings. The molecule has 0 heterocycles. The van der Waals surface area contributed by atoms with Gasteiger partial charge < -0.3 is 10.4 Å². The Morgan fingerprint density at radius 1 is 1.05 bits per heavy atom. The zero-order chi connectivity index (χ0) is 14.9. The first-order chi connectivity index (χ1) is 9.40. The zero-order valence-electron chi connectivity index (χ0n) is 9.75. The minimum absolute atomic E-state index is 0.00630. The van der Waals surface area contributed by atoms with Gasteiger partial charge in [0.2, 0.25) is 0 Å². The number of hydrogen-bond acceptors (Lipinski definition) is 2. The number of hydrogen-bond donors (Lipinski definition) is 2. The molecule has 0 unspecified atom stereocenters. The third-order valence-corrected chi connectivity index (χ3v) is 2.75. The van der Waals surface area contributed by atoms with E-state index < -0.39 is 23.4 Å². The number of halogens is 4. The highest BCUT2D eigenvalue weighted by atomic mass is 35.5. The van der Waals surface area contributed by atoms with Crippen LogP contribution in [0.4, 0.5) is 24.5 Å². The first-order valence-electron chi connectivity index (χ1n) is 5.33. The molecule has 0 fully saturated rings. The van der Waals surface area contributed by atoms with Crippen LogP contribution in [-0.4, -0.2) is 11.1 Å². The molecule has 0 spiro atoms. The minimum atomic E-state index is -1.64. The van der Waals surface area contributed by atoms with E-state index in [2.05, 4.69) is 5.32 Å². The Bertz CT molecular complexity index is 692. The van der Waals surface area contributed by atoms with E-state index >= 15 is 0 Å². The van der Waals surface area contributed by atoms with E-state index in [9.17, 15) is 18.0 Å². The number of carboxylic acids is 1. The van der Waals surface area contributed by atoms with Crippen LogP contribution < -0.4 is 5.32 Å². The fourth-order valence-corrected chi connectivity index (χ4v) is 1.74. The number of carboxylic acid groups (broad SMARTS) is 1. The normalized spacial score (nSPS) is 10.4. The average molecular weight is 302 g/mol. The number of anilines is 2. The lowest BCUT2D eigenvalue weighted by Gasteiger charge is -2.11. The molecule has 0 aliphatic carbocycles. The molecule has 0 bridgehead atoms. The Hall–Kier alpha value is -2.21. The van der Waals surface area contributed by atoms with Crippen molar-refractivity contribution in [2.24, 2.45) is 0 Å². The van der Waals surface area contributed by atoms with E-state index in [1.54, 1.807) is 0 Å². The van der Waals surface area contributed by atoms with Gasteiger partial charge in [0.1, 0.15) is 0 Å². The molecule has 20 heavy (non-hydrogen) atoms. The summed E-state index contributed by atoms with van der Waals surface area (Å²) in [5, 5.41) is 11.6. The quantitative estimate of drug-likeness (QED) is 0.835. The van der Waals surface area contributed by atoms with Crippen molar-refractivity contribution in [3.63, 3.8) is 0 Å². The maximum atomic E-state index is 13.5. The predicted octanol–water partition coefficient (Wildman–Crippen LogP) is 4.20. The van der Waals surface area contributed by atoms with Gasteiger partial charge in [0.05, 0.1) is 16.9 Å². The van der Waals surface area contributed by atoms with Gasteiger partial charge in [-0.05, 0) is 30.3 Å². The SMILES string of the molecule is O=C(O)c1cc(Cl)ccc1Nc1ccc(F)c(F)c1F. The summed E-state index contributed by atoms with van der Waals surface area (Å²) in [6.07, 6.45) is 0. The van der Waals surface area contributed by atoms with Crippen LogP contribution in [0.2, 0.25) is 5.02 Å². The average Bonchev–Trinajstić information content (AvgIpc) is 2.41. The summed E-state index contributed by atoms with van der Waals surface area (Å²) in [5.41, 5.74) is -0.595. The standard InChI is InChI=1S/C13H7ClF3NO2/c14-6-1-3-9(7(5-6)13(19)20)18-10-4-2-8(15)11(16)12(10)17/h1-5,18H,(H,19,20). The lowest BCUT2D eigenvalue weighted by atomic mass is 10.1. The van der Waals surface area contributed by atoms with Crippen molar-refractivity contribution in [2.75, 3.05) is 5.32 Å². The van der Waals surface area contributed by atoms with Crippen molar-refractivity contribution < 1.29 is 23.1 Å². The molecule has 2 N–H and O–H groups in total. The van der Waals surface area contributed by atoms with Gasteiger partial charge in [-0.25, -0.2) is 18.0 Å². The fourth-order valence-electron chi connectivity index (χ4n) is 1.57. The van der Waals surface area contributed by atoms with Gasteiger partial charge in [-0.15, -0.1) is 0 Å². The summed E-state index contributed by atoms with van der Waals surface area (Å²) in [4.78, 5) is 11.0. The van der Waals surface area contributed by atoms with Gasteiger partial charge >= 0.3 is 5.97 Å². The molecule has 104 valence electrons. The summed E-state index contributed by atoms with van der Waals surface area (Å²) >= 11 is 5.67. The molecule has 3 nitrogen and oxygen atoms in total. The summed E-state index contributed by atoms with van der Waals surface area (Å²) in [6, 6.07) is 5.54. The van der Waals surface area contributed by atoms with Crippen molar-refractivity contribution in [3.05, 3.63) is 58.4 Å².